The van der Waals surface area contributed by atoms with Crippen LogP contribution in [0.15, 0.2) is 30.3 Å². The van der Waals surface area contributed by atoms with Gasteiger partial charge in [-0.3, -0.25) is 0 Å². The molecule has 0 aliphatic heterocycles. The van der Waals surface area contributed by atoms with Gasteiger partial charge in [0, 0.05) is 18.2 Å². The highest BCUT2D eigenvalue weighted by Crippen LogP contribution is 2.22. The van der Waals surface area contributed by atoms with E-state index in [9.17, 15) is 22.4 Å². The third-order valence-electron chi connectivity index (χ3n) is 2.76. The van der Waals surface area contributed by atoms with Crippen molar-refractivity contribution in [3.63, 3.8) is 0 Å². The van der Waals surface area contributed by atoms with Gasteiger partial charge in [0.05, 0.1) is 5.56 Å². The Morgan fingerprint density at radius 3 is 2.14 bits per heavy atom. The molecule has 7 heteroatoms. The quantitative estimate of drug-likeness (QED) is 0.849. The van der Waals surface area contributed by atoms with Crippen LogP contribution in [0.1, 0.15) is 15.9 Å². The maximum atomic E-state index is 13.6. The number of halogens is 4. The van der Waals surface area contributed by atoms with Crippen LogP contribution in [0, 0.1) is 23.3 Å². The Hall–Kier alpha value is -2.57. The highest BCUT2D eigenvalue weighted by Gasteiger charge is 2.15. The van der Waals surface area contributed by atoms with Crippen LogP contribution in [0.5, 0.6) is 0 Å². The maximum absolute atomic E-state index is 13.6. The van der Waals surface area contributed by atoms with Gasteiger partial charge in [0.1, 0.15) is 29.0 Å². The van der Waals surface area contributed by atoms with Crippen LogP contribution in [0.4, 0.5) is 23.2 Å². The zero-order chi connectivity index (χ0) is 15.6. The van der Waals surface area contributed by atoms with E-state index < -0.39 is 40.5 Å². The van der Waals surface area contributed by atoms with Gasteiger partial charge in [0.25, 0.3) is 0 Å². The van der Waals surface area contributed by atoms with Crippen molar-refractivity contribution >= 4 is 11.7 Å². The van der Waals surface area contributed by atoms with E-state index in [1.54, 1.807) is 0 Å². The van der Waals surface area contributed by atoms with E-state index in [0.717, 1.165) is 12.1 Å². The zero-order valence-electron chi connectivity index (χ0n) is 10.5. The Kier molecular flexibility index (Phi) is 4.11. The fourth-order valence-corrected chi connectivity index (χ4v) is 1.71. The van der Waals surface area contributed by atoms with Gasteiger partial charge in [-0.15, -0.1) is 0 Å². The molecule has 0 radical (unpaired) electrons. The van der Waals surface area contributed by atoms with Crippen molar-refractivity contribution < 1.29 is 27.5 Å². The molecule has 0 fully saturated rings. The van der Waals surface area contributed by atoms with Crippen LogP contribution in [0.3, 0.4) is 0 Å². The van der Waals surface area contributed by atoms with Crippen LogP contribution in [-0.2, 0) is 6.54 Å². The summed E-state index contributed by atoms with van der Waals surface area (Å²) >= 11 is 0. The third kappa shape index (κ3) is 3.31. The maximum Gasteiger partial charge on any atom is 0.335 e. The predicted molar refractivity (Wildman–Crippen MR) is 67.0 cm³/mol. The molecule has 0 atom stereocenters. The number of rotatable bonds is 4. The lowest BCUT2D eigenvalue weighted by Gasteiger charge is -2.10. The van der Waals surface area contributed by atoms with E-state index in [0.29, 0.717) is 18.2 Å². The lowest BCUT2D eigenvalue weighted by molar-refractivity contribution is 0.0696. The molecule has 110 valence electrons. The summed E-state index contributed by atoms with van der Waals surface area (Å²) in [7, 11) is 0. The largest absolute Gasteiger partial charge is 0.478 e. The zero-order valence-corrected chi connectivity index (χ0v) is 10.5. The normalized spacial score (nSPS) is 10.5. The van der Waals surface area contributed by atoms with E-state index in [2.05, 4.69) is 5.32 Å². The monoisotopic (exact) mass is 299 g/mol. The van der Waals surface area contributed by atoms with Gasteiger partial charge in [-0.2, -0.15) is 0 Å². The number of anilines is 1. The molecule has 2 aromatic carbocycles. The summed E-state index contributed by atoms with van der Waals surface area (Å²) in [5, 5.41) is 11.0. The van der Waals surface area contributed by atoms with Gasteiger partial charge in [-0.25, -0.2) is 22.4 Å². The molecule has 2 rings (SSSR count). The first kappa shape index (κ1) is 14.8. The average molecular weight is 299 g/mol. The molecule has 0 spiro atoms. The van der Waals surface area contributed by atoms with E-state index >= 15 is 0 Å². The number of aromatic carboxylic acids is 1. The number of benzene rings is 2. The van der Waals surface area contributed by atoms with Gasteiger partial charge >= 0.3 is 5.97 Å². The molecular formula is C14H9F4NO2. The first-order chi connectivity index (χ1) is 9.88. The molecule has 2 aromatic rings. The molecule has 0 amide bonds. The minimum absolute atomic E-state index is 0.0116. The fraction of sp³-hybridized carbons (Fsp3) is 0.0714. The molecule has 0 unspecified atom stereocenters. The van der Waals surface area contributed by atoms with Crippen molar-refractivity contribution in [2.75, 3.05) is 5.32 Å². The fourth-order valence-electron chi connectivity index (χ4n) is 1.71. The standard InChI is InChI=1S/C14H9F4NO2/c15-9-2-1-7(10(16)5-9)6-19-13-11(17)3-8(14(20)21)4-12(13)18/h1-5,19H,6H2,(H,20,21). The molecular weight excluding hydrogens is 290 g/mol. The van der Waals surface area contributed by atoms with Crippen LogP contribution >= 0.6 is 0 Å². The molecule has 21 heavy (non-hydrogen) atoms. The summed E-state index contributed by atoms with van der Waals surface area (Å²) in [5.41, 5.74) is -1.11. The summed E-state index contributed by atoms with van der Waals surface area (Å²) in [6, 6.07) is 4.10. The molecule has 0 bridgehead atoms. The van der Waals surface area contributed by atoms with Gasteiger partial charge in [0.2, 0.25) is 0 Å². The highest BCUT2D eigenvalue weighted by molar-refractivity contribution is 5.88. The van der Waals surface area contributed by atoms with Crippen LogP contribution in [-0.4, -0.2) is 11.1 Å². The number of carboxylic acids is 1. The number of carbonyl (C=O) groups is 1. The highest BCUT2D eigenvalue weighted by atomic mass is 19.1. The van der Waals surface area contributed by atoms with Gasteiger partial charge < -0.3 is 10.4 Å². The second-order valence-electron chi connectivity index (χ2n) is 4.21. The van der Waals surface area contributed by atoms with E-state index in [-0.39, 0.29) is 12.1 Å². The Morgan fingerprint density at radius 1 is 1.00 bits per heavy atom. The summed E-state index contributed by atoms with van der Waals surface area (Å²) in [5.74, 6) is -5.32. The smallest absolute Gasteiger partial charge is 0.335 e. The van der Waals surface area contributed by atoms with Gasteiger partial charge in [-0.05, 0) is 18.2 Å². The topological polar surface area (TPSA) is 49.3 Å². The van der Waals surface area contributed by atoms with E-state index in [1.807, 2.05) is 0 Å². The molecule has 2 N–H and O–H groups in total. The second kappa shape index (κ2) is 5.82. The minimum atomic E-state index is -1.47. The average Bonchev–Trinajstić information content (AvgIpc) is 2.39. The number of carboxylic acid groups (broad SMARTS) is 1. The molecule has 0 aliphatic rings. The van der Waals surface area contributed by atoms with Crippen molar-refractivity contribution in [2.45, 2.75) is 6.54 Å². The summed E-state index contributed by atoms with van der Waals surface area (Å²) in [6.07, 6.45) is 0. The minimum Gasteiger partial charge on any atom is -0.478 e. The lowest BCUT2D eigenvalue weighted by Crippen LogP contribution is -2.08. The Bertz CT molecular complexity index is 680. The number of nitrogens with one attached hydrogen (secondary N) is 1. The molecule has 0 saturated heterocycles. The van der Waals surface area contributed by atoms with Crippen molar-refractivity contribution in [3.8, 4) is 0 Å². The Balaban J connectivity index is 2.22. The molecule has 0 heterocycles. The van der Waals surface area contributed by atoms with E-state index in [1.165, 1.54) is 0 Å². The predicted octanol–water partition coefficient (Wildman–Crippen LogP) is 3.55. The van der Waals surface area contributed by atoms with Crippen LogP contribution in [0.2, 0.25) is 0 Å². The van der Waals surface area contributed by atoms with Crippen molar-refractivity contribution in [3.05, 3.63) is 64.7 Å². The van der Waals surface area contributed by atoms with Gasteiger partial charge in [0.15, 0.2) is 0 Å². The summed E-state index contributed by atoms with van der Waals surface area (Å²) < 4.78 is 53.3. The molecule has 0 aromatic heterocycles. The molecule has 0 aliphatic carbocycles. The van der Waals surface area contributed by atoms with Crippen LogP contribution < -0.4 is 5.32 Å². The molecule has 3 nitrogen and oxygen atoms in total. The SMILES string of the molecule is O=C(O)c1cc(F)c(NCc2ccc(F)cc2F)c(F)c1. The summed E-state index contributed by atoms with van der Waals surface area (Å²) in [6.45, 7) is -0.285. The van der Waals surface area contributed by atoms with Crippen LogP contribution in [0.25, 0.3) is 0 Å². The second-order valence-corrected chi connectivity index (χ2v) is 4.21. The first-order valence-corrected chi connectivity index (χ1v) is 5.78. The number of hydrogen-bond acceptors (Lipinski definition) is 2. The van der Waals surface area contributed by atoms with E-state index in [4.69, 9.17) is 5.11 Å². The van der Waals surface area contributed by atoms with Crippen molar-refractivity contribution in [2.24, 2.45) is 0 Å². The Labute approximate surface area is 116 Å². The van der Waals surface area contributed by atoms with Crippen molar-refractivity contribution in [1.82, 2.24) is 0 Å². The Morgan fingerprint density at radius 2 is 1.62 bits per heavy atom. The molecule has 0 saturated carbocycles. The lowest BCUT2D eigenvalue weighted by atomic mass is 10.1. The summed E-state index contributed by atoms with van der Waals surface area (Å²) in [4.78, 5) is 10.6. The van der Waals surface area contributed by atoms with Crippen molar-refractivity contribution in [1.29, 1.82) is 0 Å². The number of hydrogen-bond donors (Lipinski definition) is 2. The first-order valence-electron chi connectivity index (χ1n) is 5.78. The third-order valence-corrected chi connectivity index (χ3v) is 2.76. The van der Waals surface area contributed by atoms with Gasteiger partial charge in [-0.1, -0.05) is 6.07 Å².